The number of anilines is 1. The number of aromatic carboxylic acids is 1. The normalized spacial score (nSPS) is 13.9. The molecule has 4 rings (SSSR count). The third kappa shape index (κ3) is 5.59. The van der Waals surface area contributed by atoms with Crippen LogP contribution < -0.4 is 21.8 Å². The number of benzene rings is 2. The van der Waals surface area contributed by atoms with Crippen LogP contribution in [0.5, 0.6) is 5.75 Å². The zero-order chi connectivity index (χ0) is 24.9. The van der Waals surface area contributed by atoms with Gasteiger partial charge in [-0.05, 0) is 37.1 Å². The molecular weight excluding hydrogens is 443 g/mol. The largest absolute Gasteiger partial charge is 0.481 e. The first-order chi connectivity index (χ1) is 16.1. The smallest absolute Gasteiger partial charge is 0.358 e. The molecule has 0 aliphatic carbocycles. The van der Waals surface area contributed by atoms with Crippen molar-refractivity contribution in [1.82, 2.24) is 9.55 Å². The SMILES string of the molecule is CC1(C)OCCn2c1nc(C(=O)O)c(OCc1ccccc1)c2=O.NCc1ccc(F)cc1N. The van der Waals surface area contributed by atoms with E-state index in [-0.39, 0.29) is 23.9 Å². The van der Waals surface area contributed by atoms with Gasteiger partial charge in [-0.25, -0.2) is 14.2 Å². The minimum atomic E-state index is -1.31. The molecular formula is C24H27FN4O5. The fourth-order valence-corrected chi connectivity index (χ4v) is 3.42. The minimum absolute atomic E-state index is 0.0945. The van der Waals surface area contributed by atoms with Gasteiger partial charge < -0.3 is 26.0 Å². The molecule has 0 saturated heterocycles. The number of aromatic nitrogens is 2. The highest BCUT2D eigenvalue weighted by Crippen LogP contribution is 2.27. The summed E-state index contributed by atoms with van der Waals surface area (Å²) in [5.41, 5.74) is 11.0. The third-order valence-electron chi connectivity index (χ3n) is 5.20. The van der Waals surface area contributed by atoms with Crippen LogP contribution in [0.1, 0.15) is 41.3 Å². The van der Waals surface area contributed by atoms with Gasteiger partial charge in [0.2, 0.25) is 5.75 Å². The summed E-state index contributed by atoms with van der Waals surface area (Å²) in [4.78, 5) is 28.4. The summed E-state index contributed by atoms with van der Waals surface area (Å²) in [5.74, 6) is -1.58. The van der Waals surface area contributed by atoms with Gasteiger partial charge in [-0.2, -0.15) is 0 Å². The first-order valence-corrected chi connectivity index (χ1v) is 10.6. The van der Waals surface area contributed by atoms with Crippen molar-refractivity contribution in [3.63, 3.8) is 0 Å². The van der Waals surface area contributed by atoms with E-state index in [1.54, 1.807) is 19.9 Å². The number of hydrogen-bond acceptors (Lipinski definition) is 7. The van der Waals surface area contributed by atoms with Crippen molar-refractivity contribution in [2.75, 3.05) is 12.3 Å². The molecule has 2 heterocycles. The number of nitrogens with zero attached hydrogens (tertiary/aromatic N) is 2. The Balaban J connectivity index is 0.000000271. The number of halogens is 1. The second kappa shape index (κ2) is 10.4. The van der Waals surface area contributed by atoms with Crippen molar-refractivity contribution in [3.05, 3.63) is 87.3 Å². The minimum Gasteiger partial charge on any atom is -0.481 e. The van der Waals surface area contributed by atoms with Crippen LogP contribution in [-0.2, 0) is 30.0 Å². The molecule has 0 bridgehead atoms. The van der Waals surface area contributed by atoms with Crippen LogP contribution in [0.4, 0.5) is 10.1 Å². The molecule has 0 radical (unpaired) electrons. The van der Waals surface area contributed by atoms with E-state index in [0.29, 0.717) is 31.2 Å². The van der Waals surface area contributed by atoms with Gasteiger partial charge in [0.1, 0.15) is 23.8 Å². The van der Waals surface area contributed by atoms with Crippen LogP contribution in [0.3, 0.4) is 0 Å². The Bertz CT molecular complexity index is 1230. The molecule has 0 atom stereocenters. The van der Waals surface area contributed by atoms with Gasteiger partial charge in [-0.15, -0.1) is 0 Å². The van der Waals surface area contributed by atoms with Gasteiger partial charge >= 0.3 is 5.97 Å². The molecule has 2 aromatic carbocycles. The predicted molar refractivity (Wildman–Crippen MR) is 124 cm³/mol. The first kappa shape index (κ1) is 24.9. The Kier molecular flexibility index (Phi) is 7.64. The van der Waals surface area contributed by atoms with Gasteiger partial charge in [0.15, 0.2) is 5.69 Å². The number of fused-ring (bicyclic) bond motifs is 1. The average Bonchev–Trinajstić information content (AvgIpc) is 2.79. The number of rotatable bonds is 5. The van der Waals surface area contributed by atoms with Crippen LogP contribution in [0, 0.1) is 5.82 Å². The van der Waals surface area contributed by atoms with E-state index in [1.807, 2.05) is 30.3 Å². The van der Waals surface area contributed by atoms with E-state index in [2.05, 4.69) is 4.98 Å². The second-order valence-electron chi connectivity index (χ2n) is 8.06. The Morgan fingerprint density at radius 1 is 1.26 bits per heavy atom. The predicted octanol–water partition coefficient (Wildman–Crippen LogP) is 2.65. The zero-order valence-electron chi connectivity index (χ0n) is 19.0. The van der Waals surface area contributed by atoms with E-state index >= 15 is 0 Å². The van der Waals surface area contributed by atoms with E-state index in [1.165, 1.54) is 16.7 Å². The number of hydrogen-bond donors (Lipinski definition) is 3. The van der Waals surface area contributed by atoms with Crippen molar-refractivity contribution in [1.29, 1.82) is 0 Å². The van der Waals surface area contributed by atoms with E-state index < -0.39 is 17.1 Å². The van der Waals surface area contributed by atoms with Crippen molar-refractivity contribution in [2.45, 2.75) is 39.1 Å². The molecule has 9 nitrogen and oxygen atoms in total. The monoisotopic (exact) mass is 470 g/mol. The van der Waals surface area contributed by atoms with Crippen LogP contribution in [0.2, 0.25) is 0 Å². The Hall–Kier alpha value is -3.76. The Morgan fingerprint density at radius 3 is 2.59 bits per heavy atom. The molecule has 5 N–H and O–H groups in total. The molecule has 0 unspecified atom stereocenters. The molecule has 1 aliphatic rings. The van der Waals surface area contributed by atoms with Gasteiger partial charge in [-0.1, -0.05) is 36.4 Å². The summed E-state index contributed by atoms with van der Waals surface area (Å²) < 4.78 is 24.9. The van der Waals surface area contributed by atoms with E-state index in [4.69, 9.17) is 20.9 Å². The maximum Gasteiger partial charge on any atom is 0.358 e. The van der Waals surface area contributed by atoms with Gasteiger partial charge in [0.25, 0.3) is 5.56 Å². The number of carboxylic acid groups (broad SMARTS) is 1. The average molecular weight is 471 g/mol. The number of nitrogen functional groups attached to an aromatic ring is 1. The fraction of sp³-hybridized carbons (Fsp3) is 0.292. The van der Waals surface area contributed by atoms with E-state index in [9.17, 15) is 19.1 Å². The van der Waals surface area contributed by atoms with Crippen LogP contribution in [0.15, 0.2) is 53.3 Å². The summed E-state index contributed by atoms with van der Waals surface area (Å²) >= 11 is 0. The van der Waals surface area contributed by atoms with Crippen molar-refractivity contribution >= 4 is 11.7 Å². The molecule has 3 aromatic rings. The molecule has 0 spiro atoms. The second-order valence-corrected chi connectivity index (χ2v) is 8.06. The molecule has 34 heavy (non-hydrogen) atoms. The number of nitrogens with two attached hydrogens (primary N) is 2. The van der Waals surface area contributed by atoms with Crippen LogP contribution in [0.25, 0.3) is 0 Å². The summed E-state index contributed by atoms with van der Waals surface area (Å²) in [6.45, 7) is 4.61. The summed E-state index contributed by atoms with van der Waals surface area (Å²) in [7, 11) is 0. The molecule has 0 saturated carbocycles. The number of ether oxygens (including phenoxy) is 2. The third-order valence-corrected chi connectivity index (χ3v) is 5.20. The molecule has 1 aromatic heterocycles. The van der Waals surface area contributed by atoms with Gasteiger partial charge in [0.05, 0.1) is 13.2 Å². The highest BCUT2D eigenvalue weighted by molar-refractivity contribution is 5.88. The van der Waals surface area contributed by atoms with Gasteiger partial charge in [-0.3, -0.25) is 9.36 Å². The zero-order valence-corrected chi connectivity index (χ0v) is 19.0. The van der Waals surface area contributed by atoms with Crippen molar-refractivity contribution in [2.24, 2.45) is 5.73 Å². The van der Waals surface area contributed by atoms with Crippen LogP contribution >= 0.6 is 0 Å². The summed E-state index contributed by atoms with van der Waals surface area (Å²) in [5, 5.41) is 9.43. The Labute approximate surface area is 195 Å². The van der Waals surface area contributed by atoms with Crippen molar-refractivity contribution in [3.8, 4) is 5.75 Å². The Morgan fingerprint density at radius 2 is 1.97 bits per heavy atom. The lowest BCUT2D eigenvalue weighted by Gasteiger charge is -2.32. The highest BCUT2D eigenvalue weighted by atomic mass is 19.1. The summed E-state index contributed by atoms with van der Waals surface area (Å²) in [6.07, 6.45) is 0. The molecule has 0 amide bonds. The van der Waals surface area contributed by atoms with E-state index in [0.717, 1.165) is 11.1 Å². The molecule has 1 aliphatic heterocycles. The highest BCUT2D eigenvalue weighted by Gasteiger charge is 2.34. The quantitative estimate of drug-likeness (QED) is 0.483. The van der Waals surface area contributed by atoms with Crippen molar-refractivity contribution < 1.29 is 23.8 Å². The van der Waals surface area contributed by atoms with Gasteiger partial charge in [0, 0.05) is 12.2 Å². The maximum absolute atomic E-state index is 12.7. The molecule has 180 valence electrons. The topological polar surface area (TPSA) is 143 Å². The lowest BCUT2D eigenvalue weighted by atomic mass is 10.1. The number of carbonyl (C=O) groups is 1. The van der Waals surface area contributed by atoms with Crippen LogP contribution in [-0.4, -0.2) is 27.2 Å². The fourth-order valence-electron chi connectivity index (χ4n) is 3.42. The maximum atomic E-state index is 12.7. The lowest BCUT2D eigenvalue weighted by Crippen LogP contribution is -2.42. The molecule has 0 fully saturated rings. The first-order valence-electron chi connectivity index (χ1n) is 10.6. The lowest BCUT2D eigenvalue weighted by molar-refractivity contribution is -0.0568. The summed E-state index contributed by atoms with van der Waals surface area (Å²) in [6, 6.07) is 13.4. The molecule has 10 heteroatoms. The number of carboxylic acids is 1. The standard InChI is InChI=1S/C17H18N2O5.C7H9FN2/c1-17(2)16-18-12(15(21)22)13(14(20)19(16)8-9-24-17)23-10-11-6-4-3-5-7-11;8-6-2-1-5(4-9)7(10)3-6/h3-7H,8-10H2,1-2H3,(H,21,22);1-3H,4,9-10H2.